The van der Waals surface area contributed by atoms with Crippen LogP contribution in [0.3, 0.4) is 0 Å². The highest BCUT2D eigenvalue weighted by Crippen LogP contribution is 2.27. The van der Waals surface area contributed by atoms with Gasteiger partial charge in [0.15, 0.2) is 0 Å². The summed E-state index contributed by atoms with van der Waals surface area (Å²) in [5.41, 5.74) is -1.17. The minimum absolute atomic E-state index is 0.318. The summed E-state index contributed by atoms with van der Waals surface area (Å²) >= 11 is 0. The molecule has 3 N–H and O–H groups in total. The molecule has 0 aromatic carbocycles. The molecule has 0 aromatic rings. The van der Waals surface area contributed by atoms with Gasteiger partial charge in [-0.25, -0.2) is 9.59 Å². The molecule has 1 aliphatic heterocycles. The molecular weight excluding hydrogens is 260 g/mol. The molecule has 2 rings (SSSR count). The fourth-order valence-corrected chi connectivity index (χ4v) is 3.06. The van der Waals surface area contributed by atoms with Crippen molar-refractivity contribution in [1.29, 1.82) is 0 Å². The van der Waals surface area contributed by atoms with E-state index in [-0.39, 0.29) is 6.03 Å². The fraction of sp³-hybridized carbons (Fsp3) is 0.857. The highest BCUT2D eigenvalue weighted by atomic mass is 16.5. The van der Waals surface area contributed by atoms with Crippen LogP contribution in [-0.4, -0.2) is 42.4 Å². The Kier molecular flexibility index (Phi) is 5.23. The van der Waals surface area contributed by atoms with E-state index in [0.717, 1.165) is 6.42 Å². The Balaban J connectivity index is 1.75. The number of aliphatic carboxylic acids is 1. The number of nitrogens with one attached hydrogen (secondary N) is 2. The molecule has 2 fully saturated rings. The van der Waals surface area contributed by atoms with Crippen molar-refractivity contribution in [2.45, 2.75) is 50.5 Å². The molecule has 20 heavy (non-hydrogen) atoms. The molecule has 0 unspecified atom stereocenters. The Morgan fingerprint density at radius 3 is 2.45 bits per heavy atom. The van der Waals surface area contributed by atoms with Crippen LogP contribution >= 0.6 is 0 Å². The van der Waals surface area contributed by atoms with E-state index in [0.29, 0.717) is 38.5 Å². The number of carboxylic acids is 1. The van der Waals surface area contributed by atoms with Crippen LogP contribution in [0.1, 0.15) is 44.9 Å². The van der Waals surface area contributed by atoms with Gasteiger partial charge in [0.05, 0.1) is 0 Å². The number of rotatable bonds is 5. The largest absolute Gasteiger partial charge is 0.480 e. The SMILES string of the molecule is O=C(NCCC1CCCC1)NC1(C(=O)O)CCOCC1. The molecule has 0 radical (unpaired) electrons. The number of carbonyl (C=O) groups is 2. The molecule has 1 saturated heterocycles. The van der Waals surface area contributed by atoms with Crippen molar-refractivity contribution in [2.24, 2.45) is 5.92 Å². The fourth-order valence-electron chi connectivity index (χ4n) is 3.06. The van der Waals surface area contributed by atoms with Gasteiger partial charge in [0.2, 0.25) is 0 Å². The Bertz CT molecular complexity index is 347. The number of carbonyl (C=O) groups excluding carboxylic acids is 1. The molecule has 2 amide bonds. The minimum Gasteiger partial charge on any atom is -0.480 e. The number of amides is 2. The molecule has 0 spiro atoms. The third kappa shape index (κ3) is 3.85. The molecule has 1 aliphatic carbocycles. The van der Waals surface area contributed by atoms with E-state index in [1.807, 2.05) is 0 Å². The maximum absolute atomic E-state index is 11.9. The first kappa shape index (κ1) is 15.1. The van der Waals surface area contributed by atoms with Gasteiger partial charge in [-0.1, -0.05) is 25.7 Å². The maximum atomic E-state index is 11.9. The molecule has 1 heterocycles. The van der Waals surface area contributed by atoms with Crippen LogP contribution in [0.4, 0.5) is 4.79 Å². The van der Waals surface area contributed by atoms with E-state index < -0.39 is 11.5 Å². The number of urea groups is 1. The van der Waals surface area contributed by atoms with Crippen molar-refractivity contribution < 1.29 is 19.4 Å². The van der Waals surface area contributed by atoms with Crippen LogP contribution in [0.25, 0.3) is 0 Å². The number of ether oxygens (including phenoxy) is 1. The summed E-state index contributed by atoms with van der Waals surface area (Å²) in [5, 5.41) is 14.7. The molecule has 6 heteroatoms. The number of hydrogen-bond acceptors (Lipinski definition) is 3. The number of carboxylic acid groups (broad SMARTS) is 1. The smallest absolute Gasteiger partial charge is 0.329 e. The average molecular weight is 284 g/mol. The second-order valence-electron chi connectivity index (χ2n) is 5.82. The minimum atomic E-state index is -1.17. The van der Waals surface area contributed by atoms with Crippen LogP contribution in [0.5, 0.6) is 0 Å². The Morgan fingerprint density at radius 1 is 1.20 bits per heavy atom. The van der Waals surface area contributed by atoms with Gasteiger partial charge >= 0.3 is 12.0 Å². The first-order valence-corrected chi connectivity index (χ1v) is 7.49. The van der Waals surface area contributed by atoms with E-state index in [1.54, 1.807) is 0 Å². The van der Waals surface area contributed by atoms with Gasteiger partial charge in [0, 0.05) is 32.6 Å². The second-order valence-corrected chi connectivity index (χ2v) is 5.82. The van der Waals surface area contributed by atoms with E-state index in [1.165, 1.54) is 25.7 Å². The highest BCUT2D eigenvalue weighted by Gasteiger charge is 2.41. The summed E-state index contributed by atoms with van der Waals surface area (Å²) in [5.74, 6) is -0.265. The van der Waals surface area contributed by atoms with Gasteiger partial charge in [-0.05, 0) is 12.3 Å². The van der Waals surface area contributed by atoms with Crippen LogP contribution in [0.2, 0.25) is 0 Å². The molecule has 2 aliphatic rings. The monoisotopic (exact) mass is 284 g/mol. The lowest BCUT2D eigenvalue weighted by molar-refractivity contribution is -0.148. The lowest BCUT2D eigenvalue weighted by Gasteiger charge is -2.33. The molecule has 6 nitrogen and oxygen atoms in total. The van der Waals surface area contributed by atoms with E-state index >= 15 is 0 Å². The predicted octanol–water partition coefficient (Wildman–Crippen LogP) is 1.50. The predicted molar refractivity (Wildman–Crippen MR) is 73.5 cm³/mol. The lowest BCUT2D eigenvalue weighted by atomic mass is 9.90. The first-order chi connectivity index (χ1) is 9.62. The summed E-state index contributed by atoms with van der Waals surface area (Å²) in [6, 6.07) is -0.382. The third-order valence-electron chi connectivity index (χ3n) is 4.42. The summed E-state index contributed by atoms with van der Waals surface area (Å²) in [4.78, 5) is 23.3. The van der Waals surface area contributed by atoms with Gasteiger partial charge in [0.25, 0.3) is 0 Å². The molecule has 114 valence electrons. The quantitative estimate of drug-likeness (QED) is 0.714. The van der Waals surface area contributed by atoms with E-state index in [4.69, 9.17) is 4.74 Å². The van der Waals surface area contributed by atoms with Crippen molar-refractivity contribution in [3.05, 3.63) is 0 Å². The highest BCUT2D eigenvalue weighted by molar-refractivity contribution is 5.86. The topological polar surface area (TPSA) is 87.7 Å². The zero-order valence-electron chi connectivity index (χ0n) is 11.8. The molecular formula is C14H24N2O4. The van der Waals surface area contributed by atoms with Gasteiger partial charge in [-0.2, -0.15) is 0 Å². The maximum Gasteiger partial charge on any atom is 0.329 e. The van der Waals surface area contributed by atoms with Crippen molar-refractivity contribution in [3.63, 3.8) is 0 Å². The molecule has 1 saturated carbocycles. The van der Waals surface area contributed by atoms with Crippen LogP contribution < -0.4 is 10.6 Å². The van der Waals surface area contributed by atoms with Crippen molar-refractivity contribution in [1.82, 2.24) is 10.6 Å². The lowest BCUT2D eigenvalue weighted by Crippen LogP contribution is -2.59. The van der Waals surface area contributed by atoms with Crippen LogP contribution in [0.15, 0.2) is 0 Å². The Labute approximate surface area is 119 Å². The third-order valence-corrected chi connectivity index (χ3v) is 4.42. The zero-order chi connectivity index (χ0) is 14.4. The van der Waals surface area contributed by atoms with Crippen LogP contribution in [0, 0.1) is 5.92 Å². The summed E-state index contributed by atoms with van der Waals surface area (Å²) < 4.78 is 5.17. The Hall–Kier alpha value is -1.30. The van der Waals surface area contributed by atoms with Gasteiger partial charge < -0.3 is 20.5 Å². The van der Waals surface area contributed by atoms with Crippen molar-refractivity contribution in [2.75, 3.05) is 19.8 Å². The van der Waals surface area contributed by atoms with E-state index in [9.17, 15) is 14.7 Å². The van der Waals surface area contributed by atoms with Crippen molar-refractivity contribution >= 4 is 12.0 Å². The Morgan fingerprint density at radius 2 is 1.85 bits per heavy atom. The standard InChI is InChI=1S/C14H24N2O4/c17-12(18)14(6-9-20-10-7-14)16-13(19)15-8-5-11-3-1-2-4-11/h11H,1-10H2,(H,17,18)(H2,15,16,19). The van der Waals surface area contributed by atoms with E-state index in [2.05, 4.69) is 10.6 Å². The van der Waals surface area contributed by atoms with Crippen LogP contribution in [-0.2, 0) is 9.53 Å². The second kappa shape index (κ2) is 6.92. The summed E-state index contributed by atoms with van der Waals surface area (Å²) in [7, 11) is 0. The number of hydrogen-bond donors (Lipinski definition) is 3. The summed E-state index contributed by atoms with van der Waals surface area (Å²) in [6.07, 6.45) is 6.70. The molecule has 0 atom stereocenters. The molecule has 0 aromatic heterocycles. The zero-order valence-corrected chi connectivity index (χ0v) is 11.8. The molecule has 0 bridgehead atoms. The van der Waals surface area contributed by atoms with Crippen molar-refractivity contribution in [3.8, 4) is 0 Å². The average Bonchev–Trinajstić information content (AvgIpc) is 2.93. The normalized spacial score (nSPS) is 22.4. The van der Waals surface area contributed by atoms with Gasteiger partial charge in [-0.3, -0.25) is 0 Å². The van der Waals surface area contributed by atoms with Gasteiger partial charge in [-0.15, -0.1) is 0 Å². The van der Waals surface area contributed by atoms with Gasteiger partial charge in [0.1, 0.15) is 5.54 Å². The first-order valence-electron chi connectivity index (χ1n) is 7.49. The summed E-state index contributed by atoms with van der Waals surface area (Å²) in [6.45, 7) is 1.35.